The van der Waals surface area contributed by atoms with Crippen molar-refractivity contribution in [3.63, 3.8) is 0 Å². The second-order valence-corrected chi connectivity index (χ2v) is 11.4. The molecule has 26 heavy (non-hydrogen) atoms. The third-order valence-corrected chi connectivity index (χ3v) is 9.33. The van der Waals surface area contributed by atoms with E-state index in [4.69, 9.17) is 11.6 Å². The van der Waals surface area contributed by atoms with Crippen LogP contribution in [0.4, 0.5) is 0 Å². The molecule has 0 aliphatic heterocycles. The lowest BCUT2D eigenvalue weighted by molar-refractivity contribution is -0.160. The summed E-state index contributed by atoms with van der Waals surface area (Å²) in [5, 5.41) is 11.4. The molecule has 0 saturated heterocycles. The molecule has 0 heterocycles. The van der Waals surface area contributed by atoms with Crippen LogP contribution in [0.3, 0.4) is 0 Å². The molecular formula is C21H28BrClO3. The SMILES string of the molecule is C[C@]12CCC(=O)C=C1CC[C@@H]1[C@@H]2CC[C@@]2(C)[C@H]1CC[C@]2(O)C(=O)C(Cl)Br. The lowest BCUT2D eigenvalue weighted by Gasteiger charge is -2.58. The van der Waals surface area contributed by atoms with E-state index in [0.717, 1.165) is 38.5 Å². The zero-order valence-corrected chi connectivity index (χ0v) is 17.9. The van der Waals surface area contributed by atoms with Crippen molar-refractivity contribution >= 4 is 39.1 Å². The Labute approximate surface area is 169 Å². The molecule has 3 nitrogen and oxygen atoms in total. The van der Waals surface area contributed by atoms with Crippen LogP contribution in [0.1, 0.15) is 65.2 Å². The molecule has 0 bridgehead atoms. The molecule has 0 amide bonds. The number of halogens is 2. The number of aliphatic hydroxyl groups is 1. The molecule has 3 saturated carbocycles. The summed E-state index contributed by atoms with van der Waals surface area (Å²) in [7, 11) is 0. The molecule has 5 heteroatoms. The maximum absolute atomic E-state index is 12.7. The van der Waals surface area contributed by atoms with Gasteiger partial charge >= 0.3 is 0 Å². The highest BCUT2D eigenvalue weighted by Crippen LogP contribution is 2.67. The Morgan fingerprint density at radius 3 is 2.58 bits per heavy atom. The lowest BCUT2D eigenvalue weighted by Crippen LogP contribution is -2.58. The summed E-state index contributed by atoms with van der Waals surface area (Å²) in [5.74, 6) is 1.45. The Morgan fingerprint density at radius 2 is 1.88 bits per heavy atom. The molecule has 4 aliphatic carbocycles. The van der Waals surface area contributed by atoms with E-state index in [-0.39, 0.29) is 17.0 Å². The summed E-state index contributed by atoms with van der Waals surface area (Å²) in [6.07, 6.45) is 8.88. The summed E-state index contributed by atoms with van der Waals surface area (Å²) >= 11 is 9.19. The summed E-state index contributed by atoms with van der Waals surface area (Å²) < 4.78 is -0.830. The van der Waals surface area contributed by atoms with Gasteiger partial charge in [-0.05, 0) is 74.2 Å². The third-order valence-electron chi connectivity index (χ3n) is 8.72. The van der Waals surface area contributed by atoms with Crippen molar-refractivity contribution < 1.29 is 14.7 Å². The second-order valence-electron chi connectivity index (χ2n) is 9.49. The van der Waals surface area contributed by atoms with Crippen LogP contribution in [-0.2, 0) is 9.59 Å². The molecule has 1 N–H and O–H groups in total. The molecule has 4 rings (SSSR count). The van der Waals surface area contributed by atoms with E-state index >= 15 is 0 Å². The van der Waals surface area contributed by atoms with Crippen LogP contribution in [0.15, 0.2) is 11.6 Å². The number of carbonyl (C=O) groups is 2. The average Bonchev–Trinajstić information content (AvgIpc) is 2.87. The second kappa shape index (κ2) is 6.15. The van der Waals surface area contributed by atoms with Crippen molar-refractivity contribution in [3.05, 3.63) is 11.6 Å². The standard InChI is InChI=1S/C21H28BrClO3/c1-19-8-5-13(24)11-12(19)3-4-14-15(19)6-9-20(2)16(14)7-10-21(20,26)17(25)18(22)23/h11,14-16,18,26H,3-10H2,1-2H3/t14-,15+,16+,18?,19+,20+,21+/m1/s1. The molecule has 144 valence electrons. The van der Waals surface area contributed by atoms with Gasteiger partial charge in [0.05, 0.1) is 0 Å². The number of Topliss-reactive ketones (excluding diaryl/α,β-unsaturated/α-hetero) is 1. The van der Waals surface area contributed by atoms with Gasteiger partial charge in [-0.15, -0.1) is 11.6 Å². The van der Waals surface area contributed by atoms with Gasteiger partial charge in [0.2, 0.25) is 0 Å². The van der Waals surface area contributed by atoms with E-state index in [9.17, 15) is 14.7 Å². The minimum atomic E-state index is -1.32. The van der Waals surface area contributed by atoms with Gasteiger partial charge in [-0.3, -0.25) is 9.59 Å². The van der Waals surface area contributed by atoms with E-state index in [1.165, 1.54) is 5.57 Å². The van der Waals surface area contributed by atoms with Crippen LogP contribution in [-0.4, -0.2) is 26.6 Å². The fraction of sp³-hybridized carbons (Fsp3) is 0.810. The first-order valence-electron chi connectivity index (χ1n) is 9.92. The number of hydrogen-bond donors (Lipinski definition) is 1. The van der Waals surface area contributed by atoms with Crippen molar-refractivity contribution in [2.24, 2.45) is 28.6 Å². The predicted octanol–water partition coefficient (Wildman–Crippen LogP) is 4.78. The van der Waals surface area contributed by atoms with Crippen LogP contribution in [0.5, 0.6) is 0 Å². The van der Waals surface area contributed by atoms with Gasteiger partial charge in [-0.2, -0.15) is 0 Å². The van der Waals surface area contributed by atoms with Crippen molar-refractivity contribution in [1.29, 1.82) is 0 Å². The summed E-state index contributed by atoms with van der Waals surface area (Å²) in [5.41, 5.74) is -0.246. The van der Waals surface area contributed by atoms with Gasteiger partial charge in [-0.25, -0.2) is 0 Å². The van der Waals surface area contributed by atoms with E-state index in [1.54, 1.807) is 0 Å². The monoisotopic (exact) mass is 442 g/mol. The molecule has 3 fully saturated rings. The van der Waals surface area contributed by atoms with Gasteiger partial charge < -0.3 is 5.11 Å². The Kier molecular flexibility index (Phi) is 4.53. The van der Waals surface area contributed by atoms with Gasteiger partial charge in [0.1, 0.15) is 9.89 Å². The Morgan fingerprint density at radius 1 is 1.19 bits per heavy atom. The normalized spacial score (nSPS) is 48.9. The van der Waals surface area contributed by atoms with Crippen LogP contribution in [0, 0.1) is 28.6 Å². The topological polar surface area (TPSA) is 54.4 Å². The first kappa shape index (κ1) is 19.1. The summed E-state index contributed by atoms with van der Waals surface area (Å²) in [4.78, 5) is 24.7. The first-order chi connectivity index (χ1) is 12.1. The Balaban J connectivity index is 1.68. The number of alkyl halides is 2. The van der Waals surface area contributed by atoms with E-state index in [1.807, 2.05) is 6.08 Å². The van der Waals surface area contributed by atoms with Crippen LogP contribution < -0.4 is 0 Å². The van der Waals surface area contributed by atoms with Gasteiger partial charge in [-0.1, -0.05) is 35.4 Å². The fourth-order valence-corrected chi connectivity index (χ4v) is 7.72. The zero-order chi connectivity index (χ0) is 18.9. The third kappa shape index (κ3) is 2.40. The van der Waals surface area contributed by atoms with Gasteiger partial charge in [0, 0.05) is 11.8 Å². The van der Waals surface area contributed by atoms with Crippen LogP contribution in [0.25, 0.3) is 0 Å². The van der Waals surface area contributed by atoms with E-state index in [0.29, 0.717) is 30.6 Å². The van der Waals surface area contributed by atoms with Crippen LogP contribution in [0.2, 0.25) is 0 Å². The molecule has 7 atom stereocenters. The maximum Gasteiger partial charge on any atom is 0.193 e. The number of allylic oxidation sites excluding steroid dienone is 1. The molecule has 0 aromatic heterocycles. The number of fused-ring (bicyclic) bond motifs is 5. The first-order valence-corrected chi connectivity index (χ1v) is 11.3. The molecule has 4 aliphatic rings. The van der Waals surface area contributed by atoms with E-state index in [2.05, 4.69) is 29.8 Å². The Hall–Kier alpha value is -0.190. The quantitative estimate of drug-likeness (QED) is 0.625. The Bertz CT molecular complexity index is 689. The highest BCUT2D eigenvalue weighted by Gasteiger charge is 2.66. The highest BCUT2D eigenvalue weighted by molar-refractivity contribution is 9.10. The molecule has 0 aromatic rings. The number of rotatable bonds is 2. The largest absolute Gasteiger partial charge is 0.381 e. The van der Waals surface area contributed by atoms with Crippen molar-refractivity contribution in [2.45, 2.75) is 75.1 Å². The smallest absolute Gasteiger partial charge is 0.193 e. The molecular weight excluding hydrogens is 416 g/mol. The summed E-state index contributed by atoms with van der Waals surface area (Å²) in [6, 6.07) is 0. The number of hydrogen-bond acceptors (Lipinski definition) is 3. The average molecular weight is 444 g/mol. The van der Waals surface area contributed by atoms with Crippen molar-refractivity contribution in [2.75, 3.05) is 0 Å². The molecule has 0 radical (unpaired) electrons. The van der Waals surface area contributed by atoms with Crippen molar-refractivity contribution in [1.82, 2.24) is 0 Å². The zero-order valence-electron chi connectivity index (χ0n) is 15.6. The minimum absolute atomic E-state index is 0.118. The predicted molar refractivity (Wildman–Crippen MR) is 105 cm³/mol. The van der Waals surface area contributed by atoms with Gasteiger partial charge in [0.15, 0.2) is 11.6 Å². The molecule has 0 spiro atoms. The molecule has 1 unspecified atom stereocenters. The van der Waals surface area contributed by atoms with Crippen molar-refractivity contribution in [3.8, 4) is 0 Å². The van der Waals surface area contributed by atoms with E-state index < -0.39 is 15.3 Å². The number of ketones is 2. The highest BCUT2D eigenvalue weighted by atomic mass is 79.9. The van der Waals surface area contributed by atoms with Gasteiger partial charge in [0.25, 0.3) is 0 Å². The fourth-order valence-electron chi connectivity index (χ4n) is 7.16. The molecule has 0 aromatic carbocycles. The minimum Gasteiger partial charge on any atom is -0.381 e. The number of carbonyl (C=O) groups excluding carboxylic acids is 2. The summed E-state index contributed by atoms with van der Waals surface area (Å²) in [6.45, 7) is 4.47. The maximum atomic E-state index is 12.7. The lowest BCUT2D eigenvalue weighted by atomic mass is 9.46. The van der Waals surface area contributed by atoms with Crippen LogP contribution >= 0.6 is 27.5 Å².